The standard InChI is InChI=1S/C17H15N3O/c18-15(11-6-2-1-3-7-11)17-20-19-16(21-17)14-10-12-8-4-5-9-13(12)14/h1-9,14-15H,10,18H2. The molecule has 21 heavy (non-hydrogen) atoms. The summed E-state index contributed by atoms with van der Waals surface area (Å²) in [6.07, 6.45) is 0.957. The lowest BCUT2D eigenvalue weighted by molar-refractivity contribution is 0.407. The molecular formula is C17H15N3O. The second-order valence-electron chi connectivity index (χ2n) is 5.32. The van der Waals surface area contributed by atoms with Gasteiger partial charge in [0.15, 0.2) is 0 Å². The summed E-state index contributed by atoms with van der Waals surface area (Å²) in [6.45, 7) is 0. The molecule has 104 valence electrons. The molecule has 0 fully saturated rings. The minimum atomic E-state index is -0.372. The summed E-state index contributed by atoms with van der Waals surface area (Å²) >= 11 is 0. The Balaban J connectivity index is 1.60. The molecule has 0 bridgehead atoms. The maximum Gasteiger partial charge on any atom is 0.237 e. The van der Waals surface area contributed by atoms with Crippen molar-refractivity contribution in [2.75, 3.05) is 0 Å². The Morgan fingerprint density at radius 2 is 1.76 bits per heavy atom. The molecule has 4 heteroatoms. The van der Waals surface area contributed by atoms with Gasteiger partial charge in [-0.15, -0.1) is 10.2 Å². The van der Waals surface area contributed by atoms with E-state index in [0.29, 0.717) is 11.8 Å². The first-order valence-corrected chi connectivity index (χ1v) is 7.04. The van der Waals surface area contributed by atoms with Crippen LogP contribution in [0.1, 0.15) is 40.4 Å². The van der Waals surface area contributed by atoms with Crippen LogP contribution in [-0.4, -0.2) is 10.2 Å². The fourth-order valence-electron chi connectivity index (χ4n) is 2.80. The van der Waals surface area contributed by atoms with Crippen molar-refractivity contribution in [3.8, 4) is 0 Å². The number of hydrogen-bond acceptors (Lipinski definition) is 4. The molecule has 0 aliphatic heterocycles. The van der Waals surface area contributed by atoms with Crippen molar-refractivity contribution in [3.05, 3.63) is 83.1 Å². The molecule has 0 amide bonds. The minimum Gasteiger partial charge on any atom is -0.423 e. The van der Waals surface area contributed by atoms with Crippen LogP contribution in [0.25, 0.3) is 0 Å². The van der Waals surface area contributed by atoms with Gasteiger partial charge in [-0.3, -0.25) is 0 Å². The van der Waals surface area contributed by atoms with Crippen LogP contribution in [0.3, 0.4) is 0 Å². The molecule has 4 nitrogen and oxygen atoms in total. The van der Waals surface area contributed by atoms with Gasteiger partial charge in [0.1, 0.15) is 6.04 Å². The minimum absolute atomic E-state index is 0.213. The second kappa shape index (κ2) is 4.82. The highest BCUT2D eigenvalue weighted by molar-refractivity contribution is 5.43. The lowest BCUT2D eigenvalue weighted by Gasteiger charge is -2.26. The Morgan fingerprint density at radius 1 is 1.00 bits per heavy atom. The van der Waals surface area contributed by atoms with E-state index in [-0.39, 0.29) is 12.0 Å². The first-order chi connectivity index (χ1) is 10.3. The number of benzene rings is 2. The van der Waals surface area contributed by atoms with E-state index in [9.17, 15) is 0 Å². The topological polar surface area (TPSA) is 64.9 Å². The molecule has 2 aromatic carbocycles. The van der Waals surface area contributed by atoms with Gasteiger partial charge in [0.2, 0.25) is 11.8 Å². The molecule has 4 rings (SSSR count). The van der Waals surface area contributed by atoms with Gasteiger partial charge in [0, 0.05) is 0 Å². The fourth-order valence-corrected chi connectivity index (χ4v) is 2.80. The molecule has 2 N–H and O–H groups in total. The third-order valence-electron chi connectivity index (χ3n) is 4.03. The Kier molecular flexibility index (Phi) is 2.82. The summed E-state index contributed by atoms with van der Waals surface area (Å²) in [5.74, 6) is 1.35. The van der Waals surface area contributed by atoms with Crippen LogP contribution < -0.4 is 5.73 Å². The highest BCUT2D eigenvalue weighted by Crippen LogP contribution is 2.39. The van der Waals surface area contributed by atoms with E-state index >= 15 is 0 Å². The number of aromatic nitrogens is 2. The lowest BCUT2D eigenvalue weighted by Crippen LogP contribution is -2.18. The van der Waals surface area contributed by atoms with E-state index in [1.54, 1.807) is 0 Å². The van der Waals surface area contributed by atoms with Gasteiger partial charge < -0.3 is 10.2 Å². The molecule has 1 aliphatic carbocycles. The van der Waals surface area contributed by atoms with Crippen molar-refractivity contribution >= 4 is 0 Å². The first-order valence-electron chi connectivity index (χ1n) is 7.04. The van der Waals surface area contributed by atoms with Crippen LogP contribution in [0.2, 0.25) is 0 Å². The molecule has 1 heterocycles. The van der Waals surface area contributed by atoms with Crippen molar-refractivity contribution in [1.29, 1.82) is 0 Å². The summed E-state index contributed by atoms with van der Waals surface area (Å²) in [5, 5.41) is 8.31. The van der Waals surface area contributed by atoms with Gasteiger partial charge in [-0.1, -0.05) is 54.6 Å². The SMILES string of the molecule is NC(c1ccccc1)c1nnc(C2Cc3ccccc32)o1. The van der Waals surface area contributed by atoms with E-state index in [0.717, 1.165) is 12.0 Å². The van der Waals surface area contributed by atoms with Crippen LogP contribution in [0.5, 0.6) is 0 Å². The van der Waals surface area contributed by atoms with Crippen molar-refractivity contribution in [1.82, 2.24) is 10.2 Å². The van der Waals surface area contributed by atoms with E-state index < -0.39 is 0 Å². The van der Waals surface area contributed by atoms with Crippen LogP contribution >= 0.6 is 0 Å². The van der Waals surface area contributed by atoms with Crippen LogP contribution in [0, 0.1) is 0 Å². The number of hydrogen-bond donors (Lipinski definition) is 1. The summed E-state index contributed by atoms with van der Waals surface area (Å²) in [6, 6.07) is 17.8. The zero-order valence-electron chi connectivity index (χ0n) is 11.4. The van der Waals surface area contributed by atoms with Crippen molar-refractivity contribution in [2.24, 2.45) is 5.73 Å². The normalized spacial score (nSPS) is 17.9. The number of nitrogens with zero attached hydrogens (tertiary/aromatic N) is 2. The third kappa shape index (κ3) is 2.04. The van der Waals surface area contributed by atoms with E-state index in [2.05, 4.69) is 28.4 Å². The summed E-state index contributed by atoms with van der Waals surface area (Å²) in [7, 11) is 0. The number of rotatable bonds is 3. The van der Waals surface area contributed by atoms with Crippen LogP contribution in [-0.2, 0) is 6.42 Å². The van der Waals surface area contributed by atoms with E-state index in [1.807, 2.05) is 36.4 Å². The highest BCUT2D eigenvalue weighted by atomic mass is 16.4. The molecule has 3 aromatic rings. The van der Waals surface area contributed by atoms with Crippen molar-refractivity contribution in [2.45, 2.75) is 18.4 Å². The zero-order valence-corrected chi connectivity index (χ0v) is 11.4. The highest BCUT2D eigenvalue weighted by Gasteiger charge is 2.32. The monoisotopic (exact) mass is 277 g/mol. The first kappa shape index (κ1) is 12.3. The van der Waals surface area contributed by atoms with Crippen LogP contribution in [0.4, 0.5) is 0 Å². The van der Waals surface area contributed by atoms with Crippen molar-refractivity contribution < 1.29 is 4.42 Å². The molecule has 2 atom stereocenters. The Morgan fingerprint density at radius 3 is 2.57 bits per heavy atom. The average Bonchev–Trinajstić information content (AvgIpc) is 2.98. The molecule has 0 radical (unpaired) electrons. The van der Waals surface area contributed by atoms with Crippen molar-refractivity contribution in [3.63, 3.8) is 0 Å². The Labute approximate surface area is 122 Å². The van der Waals surface area contributed by atoms with E-state index in [1.165, 1.54) is 11.1 Å². The van der Waals surface area contributed by atoms with Gasteiger partial charge in [-0.2, -0.15) is 0 Å². The molecule has 0 spiro atoms. The molecule has 0 saturated heterocycles. The maximum atomic E-state index is 6.19. The lowest BCUT2D eigenvalue weighted by atomic mass is 9.77. The van der Waals surface area contributed by atoms with Crippen LogP contribution in [0.15, 0.2) is 59.0 Å². The van der Waals surface area contributed by atoms with Gasteiger partial charge in [-0.05, 0) is 23.1 Å². The molecule has 1 aromatic heterocycles. The van der Waals surface area contributed by atoms with E-state index in [4.69, 9.17) is 10.2 Å². The number of fused-ring (bicyclic) bond motifs is 1. The number of nitrogens with two attached hydrogens (primary N) is 1. The second-order valence-corrected chi connectivity index (χ2v) is 5.32. The quantitative estimate of drug-likeness (QED) is 0.799. The average molecular weight is 277 g/mol. The Bertz CT molecular complexity index is 750. The van der Waals surface area contributed by atoms with Gasteiger partial charge >= 0.3 is 0 Å². The van der Waals surface area contributed by atoms with Gasteiger partial charge in [-0.25, -0.2) is 0 Å². The molecule has 1 aliphatic rings. The molecular weight excluding hydrogens is 262 g/mol. The summed E-state index contributed by atoms with van der Waals surface area (Å²) < 4.78 is 5.81. The summed E-state index contributed by atoms with van der Waals surface area (Å²) in [4.78, 5) is 0. The molecule has 0 saturated carbocycles. The maximum absolute atomic E-state index is 6.19. The van der Waals surface area contributed by atoms with Gasteiger partial charge in [0.25, 0.3) is 0 Å². The predicted molar refractivity (Wildman–Crippen MR) is 78.8 cm³/mol. The molecule has 2 unspecified atom stereocenters. The summed E-state index contributed by atoms with van der Waals surface area (Å²) in [5.41, 5.74) is 9.80. The fraction of sp³-hybridized carbons (Fsp3) is 0.176. The predicted octanol–water partition coefficient (Wildman–Crippen LogP) is 2.81. The third-order valence-corrected chi connectivity index (χ3v) is 4.03. The smallest absolute Gasteiger partial charge is 0.237 e. The Hall–Kier alpha value is -2.46. The van der Waals surface area contributed by atoms with Gasteiger partial charge in [0.05, 0.1) is 5.92 Å². The zero-order chi connectivity index (χ0) is 14.2. The largest absolute Gasteiger partial charge is 0.423 e.